The van der Waals surface area contributed by atoms with Crippen molar-refractivity contribution < 1.29 is 22.7 Å². The van der Waals surface area contributed by atoms with Crippen molar-refractivity contribution in [2.45, 2.75) is 6.43 Å². The summed E-state index contributed by atoms with van der Waals surface area (Å²) in [7, 11) is 0. The van der Waals surface area contributed by atoms with Gasteiger partial charge in [-0.3, -0.25) is 4.79 Å². The number of halogens is 4. The van der Waals surface area contributed by atoms with E-state index in [0.717, 1.165) is 0 Å². The molecule has 104 valence electrons. The van der Waals surface area contributed by atoms with E-state index in [1.54, 1.807) is 0 Å². The number of para-hydroxylation sites is 1. The minimum absolute atomic E-state index is 0.0812. The Bertz CT molecular complexity index is 607. The molecular weight excluding hydrogens is 293 g/mol. The third-order valence-electron chi connectivity index (χ3n) is 2.48. The van der Waals surface area contributed by atoms with Crippen LogP contribution in [0.1, 0.15) is 10.4 Å². The lowest BCUT2D eigenvalue weighted by Crippen LogP contribution is -2.09. The summed E-state index contributed by atoms with van der Waals surface area (Å²) in [5, 5.41) is 0.0812. The van der Waals surface area contributed by atoms with Crippen LogP contribution in [0.2, 0.25) is 5.02 Å². The van der Waals surface area contributed by atoms with Gasteiger partial charge in [-0.2, -0.15) is 0 Å². The molecule has 2 aromatic carbocycles. The zero-order chi connectivity index (χ0) is 14.7. The van der Waals surface area contributed by atoms with Crippen LogP contribution in [0.15, 0.2) is 42.5 Å². The smallest absolute Gasteiger partial charge is 0.300 e. The number of Topliss-reactive ketones (excluding diaryl/α,β-unsaturated/α-hetero) is 1. The SMILES string of the molecule is O=C(c1ccc(Oc2c(F)cccc2Cl)cc1)C(F)F. The zero-order valence-corrected chi connectivity index (χ0v) is 10.7. The van der Waals surface area contributed by atoms with Crippen molar-refractivity contribution in [2.24, 2.45) is 0 Å². The summed E-state index contributed by atoms with van der Waals surface area (Å²) in [6, 6.07) is 8.99. The van der Waals surface area contributed by atoms with Crippen molar-refractivity contribution in [2.75, 3.05) is 0 Å². The fraction of sp³-hybridized carbons (Fsp3) is 0.0714. The second kappa shape index (κ2) is 5.96. The van der Waals surface area contributed by atoms with E-state index >= 15 is 0 Å². The maximum absolute atomic E-state index is 13.5. The second-order valence-electron chi connectivity index (χ2n) is 3.84. The molecule has 0 aliphatic carbocycles. The molecule has 0 spiro atoms. The van der Waals surface area contributed by atoms with E-state index in [1.807, 2.05) is 0 Å². The molecule has 0 saturated carbocycles. The third kappa shape index (κ3) is 3.11. The number of benzene rings is 2. The Morgan fingerprint density at radius 1 is 1.10 bits per heavy atom. The molecule has 0 N–H and O–H groups in total. The second-order valence-corrected chi connectivity index (χ2v) is 4.25. The summed E-state index contributed by atoms with van der Waals surface area (Å²) in [5.74, 6) is -1.91. The van der Waals surface area contributed by atoms with Crippen molar-refractivity contribution >= 4 is 17.4 Å². The van der Waals surface area contributed by atoms with Crippen LogP contribution in [0.4, 0.5) is 13.2 Å². The molecule has 20 heavy (non-hydrogen) atoms. The summed E-state index contributed by atoms with van der Waals surface area (Å²) < 4.78 is 43.2. The largest absolute Gasteiger partial charge is 0.453 e. The van der Waals surface area contributed by atoms with Gasteiger partial charge in [0.1, 0.15) is 5.75 Å². The van der Waals surface area contributed by atoms with E-state index in [1.165, 1.54) is 42.5 Å². The Morgan fingerprint density at radius 3 is 2.30 bits per heavy atom. The molecule has 2 rings (SSSR count). The topological polar surface area (TPSA) is 26.3 Å². The molecule has 0 aliphatic heterocycles. The minimum atomic E-state index is -3.07. The molecule has 2 nitrogen and oxygen atoms in total. The number of carbonyl (C=O) groups excluding carboxylic acids is 1. The molecular formula is C14H8ClF3O2. The van der Waals surface area contributed by atoms with Gasteiger partial charge in [-0.25, -0.2) is 13.2 Å². The van der Waals surface area contributed by atoms with E-state index in [4.69, 9.17) is 16.3 Å². The van der Waals surface area contributed by atoms with E-state index < -0.39 is 18.0 Å². The molecule has 0 heterocycles. The van der Waals surface area contributed by atoms with Crippen LogP contribution in [0.5, 0.6) is 11.5 Å². The average Bonchev–Trinajstić information content (AvgIpc) is 2.43. The highest BCUT2D eigenvalue weighted by molar-refractivity contribution is 6.32. The fourth-order valence-corrected chi connectivity index (χ4v) is 1.71. The number of rotatable bonds is 4. The summed E-state index contributed by atoms with van der Waals surface area (Å²) in [5.41, 5.74) is -0.146. The molecule has 0 fully saturated rings. The van der Waals surface area contributed by atoms with Gasteiger partial charge >= 0.3 is 6.43 Å². The number of alkyl halides is 2. The Morgan fingerprint density at radius 2 is 1.75 bits per heavy atom. The number of ether oxygens (including phenoxy) is 1. The Hall–Kier alpha value is -2.01. The lowest BCUT2D eigenvalue weighted by Gasteiger charge is -2.09. The Labute approximate surface area is 117 Å². The van der Waals surface area contributed by atoms with Crippen LogP contribution in [0.25, 0.3) is 0 Å². The molecule has 0 amide bonds. The number of hydrogen-bond acceptors (Lipinski definition) is 2. The molecule has 6 heteroatoms. The summed E-state index contributed by atoms with van der Waals surface area (Å²) in [4.78, 5) is 11.1. The Kier molecular flexibility index (Phi) is 4.29. The van der Waals surface area contributed by atoms with Crippen LogP contribution in [-0.2, 0) is 0 Å². The van der Waals surface area contributed by atoms with Crippen LogP contribution in [0, 0.1) is 5.82 Å². The third-order valence-corrected chi connectivity index (χ3v) is 2.77. The van der Waals surface area contributed by atoms with Gasteiger partial charge < -0.3 is 4.74 Å². The number of ketones is 1. The molecule has 0 aliphatic rings. The van der Waals surface area contributed by atoms with Gasteiger partial charge in [0.15, 0.2) is 11.6 Å². The molecule has 0 saturated heterocycles. The van der Waals surface area contributed by atoms with Gasteiger partial charge in [-0.05, 0) is 36.4 Å². The highest BCUT2D eigenvalue weighted by atomic mass is 35.5. The van der Waals surface area contributed by atoms with Crippen molar-refractivity contribution in [3.8, 4) is 11.5 Å². The quantitative estimate of drug-likeness (QED) is 0.764. The molecule has 0 unspecified atom stereocenters. The molecule has 0 atom stereocenters. The van der Waals surface area contributed by atoms with E-state index in [0.29, 0.717) is 0 Å². The fourth-order valence-electron chi connectivity index (χ4n) is 1.51. The van der Waals surface area contributed by atoms with Gasteiger partial charge in [0.25, 0.3) is 0 Å². The average molecular weight is 301 g/mol. The monoisotopic (exact) mass is 300 g/mol. The van der Waals surface area contributed by atoms with Crippen LogP contribution < -0.4 is 4.74 Å². The molecule has 0 aromatic heterocycles. The van der Waals surface area contributed by atoms with E-state index in [2.05, 4.69) is 0 Å². The molecule has 0 bridgehead atoms. The number of hydrogen-bond donors (Lipinski definition) is 0. The van der Waals surface area contributed by atoms with Gasteiger partial charge in [-0.15, -0.1) is 0 Å². The first-order chi connectivity index (χ1) is 9.49. The predicted molar refractivity (Wildman–Crippen MR) is 68.3 cm³/mol. The minimum Gasteiger partial charge on any atom is -0.453 e. The Balaban J connectivity index is 2.21. The van der Waals surface area contributed by atoms with Crippen molar-refractivity contribution in [1.82, 2.24) is 0 Å². The predicted octanol–water partition coefficient (Wildman–Crippen LogP) is 4.72. The van der Waals surface area contributed by atoms with Crippen LogP contribution in [0.3, 0.4) is 0 Å². The van der Waals surface area contributed by atoms with Crippen molar-refractivity contribution in [3.05, 3.63) is 58.9 Å². The maximum Gasteiger partial charge on any atom is 0.300 e. The molecule has 0 radical (unpaired) electrons. The lowest BCUT2D eigenvalue weighted by molar-refractivity contribution is 0.0678. The first-order valence-corrected chi connectivity index (χ1v) is 5.91. The van der Waals surface area contributed by atoms with Gasteiger partial charge in [-0.1, -0.05) is 17.7 Å². The van der Waals surface area contributed by atoms with E-state index in [9.17, 15) is 18.0 Å². The van der Waals surface area contributed by atoms with Crippen LogP contribution in [-0.4, -0.2) is 12.2 Å². The first-order valence-electron chi connectivity index (χ1n) is 5.53. The maximum atomic E-state index is 13.5. The standard InChI is InChI=1S/C14H8ClF3O2/c15-10-2-1-3-11(16)13(10)20-9-6-4-8(5-7-9)12(19)14(17)18/h1-7,14H. The normalized spacial score (nSPS) is 10.7. The summed E-state index contributed by atoms with van der Waals surface area (Å²) >= 11 is 5.78. The van der Waals surface area contributed by atoms with Gasteiger partial charge in [0.05, 0.1) is 5.02 Å². The summed E-state index contributed by atoms with van der Waals surface area (Å²) in [6.07, 6.45) is -3.07. The van der Waals surface area contributed by atoms with Gasteiger partial charge in [0.2, 0.25) is 5.78 Å². The van der Waals surface area contributed by atoms with Gasteiger partial charge in [0, 0.05) is 5.56 Å². The first kappa shape index (κ1) is 14.4. The molecule has 2 aromatic rings. The number of carbonyl (C=O) groups is 1. The summed E-state index contributed by atoms with van der Waals surface area (Å²) in [6.45, 7) is 0. The van der Waals surface area contributed by atoms with Crippen molar-refractivity contribution in [3.63, 3.8) is 0 Å². The van der Waals surface area contributed by atoms with Crippen molar-refractivity contribution in [1.29, 1.82) is 0 Å². The lowest BCUT2D eigenvalue weighted by atomic mass is 10.1. The van der Waals surface area contributed by atoms with E-state index in [-0.39, 0.29) is 22.1 Å². The van der Waals surface area contributed by atoms with Crippen LogP contribution >= 0.6 is 11.6 Å². The zero-order valence-electron chi connectivity index (χ0n) is 9.95. The highest BCUT2D eigenvalue weighted by Gasteiger charge is 2.17. The highest BCUT2D eigenvalue weighted by Crippen LogP contribution is 2.31.